The summed E-state index contributed by atoms with van der Waals surface area (Å²) in [6.45, 7) is 0.885. The van der Waals surface area contributed by atoms with E-state index in [0.29, 0.717) is 5.92 Å². The molecule has 0 spiro atoms. The molecule has 0 bridgehead atoms. The monoisotopic (exact) mass is 179 g/mol. The van der Waals surface area contributed by atoms with Crippen molar-refractivity contribution in [2.45, 2.75) is 18.9 Å². The Labute approximate surface area is 77.0 Å². The van der Waals surface area contributed by atoms with Gasteiger partial charge in [-0.1, -0.05) is 0 Å². The van der Waals surface area contributed by atoms with Gasteiger partial charge in [-0.05, 0) is 30.9 Å². The summed E-state index contributed by atoms with van der Waals surface area (Å²) in [5, 5.41) is 19.9. The van der Waals surface area contributed by atoms with Gasteiger partial charge < -0.3 is 10.4 Å². The number of nitrogens with one attached hydrogen (secondary N) is 1. The van der Waals surface area contributed by atoms with Crippen molar-refractivity contribution in [1.29, 1.82) is 0 Å². The van der Waals surface area contributed by atoms with Gasteiger partial charge in [0.15, 0.2) is 0 Å². The summed E-state index contributed by atoms with van der Waals surface area (Å²) in [6.07, 6.45) is 3.40. The lowest BCUT2D eigenvalue weighted by molar-refractivity contribution is 0.0486. The second-order valence-corrected chi connectivity index (χ2v) is 3.48. The Balaban J connectivity index is 1.74. The summed E-state index contributed by atoms with van der Waals surface area (Å²) >= 11 is 0. The highest BCUT2D eigenvalue weighted by atomic mass is 16.3. The van der Waals surface area contributed by atoms with Crippen LogP contribution in [0.5, 0.6) is 0 Å². The van der Waals surface area contributed by atoms with Crippen LogP contribution in [-0.4, -0.2) is 28.0 Å². The molecule has 2 N–H and O–H groups in total. The third-order valence-corrected chi connectivity index (χ3v) is 2.35. The predicted molar refractivity (Wildman–Crippen MR) is 49.3 cm³/mol. The highest BCUT2D eigenvalue weighted by Gasteiger charge is 2.26. The highest BCUT2D eigenvalue weighted by Crippen LogP contribution is 2.26. The molecule has 1 aromatic rings. The Morgan fingerprint density at radius 3 is 3.00 bits per heavy atom. The van der Waals surface area contributed by atoms with E-state index in [9.17, 15) is 0 Å². The van der Waals surface area contributed by atoms with E-state index in [1.165, 1.54) is 0 Å². The lowest BCUT2D eigenvalue weighted by Gasteiger charge is -2.31. The first kappa shape index (κ1) is 8.44. The average molecular weight is 179 g/mol. The zero-order valence-electron chi connectivity index (χ0n) is 7.35. The highest BCUT2D eigenvalue weighted by molar-refractivity contribution is 5.31. The molecule has 0 unspecified atom stereocenters. The molecule has 0 atom stereocenters. The molecule has 1 aliphatic rings. The Bertz CT molecular complexity index is 259. The van der Waals surface area contributed by atoms with Gasteiger partial charge in [0.05, 0.1) is 6.10 Å². The van der Waals surface area contributed by atoms with Crippen molar-refractivity contribution in [2.24, 2.45) is 5.92 Å². The molecule has 0 amide bonds. The zero-order chi connectivity index (χ0) is 9.10. The summed E-state index contributed by atoms with van der Waals surface area (Å²) in [6, 6.07) is 3.74. The van der Waals surface area contributed by atoms with Crippen LogP contribution in [0.4, 0.5) is 5.82 Å². The van der Waals surface area contributed by atoms with Crippen molar-refractivity contribution in [3.8, 4) is 0 Å². The second kappa shape index (κ2) is 3.70. The molecular formula is C9H13N3O. The van der Waals surface area contributed by atoms with E-state index in [1.807, 2.05) is 12.1 Å². The molecule has 4 heteroatoms. The van der Waals surface area contributed by atoms with Crippen LogP contribution in [0.15, 0.2) is 18.3 Å². The van der Waals surface area contributed by atoms with Crippen LogP contribution < -0.4 is 5.32 Å². The number of hydrogen-bond donors (Lipinski definition) is 2. The summed E-state index contributed by atoms with van der Waals surface area (Å²) in [7, 11) is 0. The van der Waals surface area contributed by atoms with Crippen LogP contribution in [0.3, 0.4) is 0 Å². The minimum Gasteiger partial charge on any atom is -0.393 e. The van der Waals surface area contributed by atoms with E-state index in [0.717, 1.165) is 25.2 Å². The third kappa shape index (κ3) is 2.15. The fourth-order valence-electron chi connectivity index (χ4n) is 1.51. The van der Waals surface area contributed by atoms with Crippen molar-refractivity contribution < 1.29 is 5.11 Å². The minimum atomic E-state index is -0.0753. The number of hydrogen-bond acceptors (Lipinski definition) is 4. The molecule has 13 heavy (non-hydrogen) atoms. The van der Waals surface area contributed by atoms with Gasteiger partial charge in [0.1, 0.15) is 5.82 Å². The lowest BCUT2D eigenvalue weighted by Crippen LogP contribution is -2.33. The Morgan fingerprint density at radius 2 is 2.38 bits per heavy atom. The zero-order valence-corrected chi connectivity index (χ0v) is 7.35. The van der Waals surface area contributed by atoms with Gasteiger partial charge in [-0.3, -0.25) is 0 Å². The molecule has 0 saturated heterocycles. The molecule has 1 aromatic heterocycles. The fraction of sp³-hybridized carbons (Fsp3) is 0.556. The smallest absolute Gasteiger partial charge is 0.148 e. The van der Waals surface area contributed by atoms with E-state index >= 15 is 0 Å². The van der Waals surface area contributed by atoms with Gasteiger partial charge in [-0.15, -0.1) is 5.10 Å². The average Bonchev–Trinajstić information content (AvgIpc) is 2.12. The standard InChI is InChI=1S/C9H13N3O/c13-8-4-7(5-8)6-10-9-2-1-3-11-12-9/h1-3,7-8,13H,4-6H2,(H,10,12). The Hall–Kier alpha value is -1.16. The number of rotatable bonds is 3. The van der Waals surface area contributed by atoms with Gasteiger partial charge in [-0.25, -0.2) is 0 Å². The van der Waals surface area contributed by atoms with Crippen LogP contribution >= 0.6 is 0 Å². The maximum atomic E-state index is 9.06. The Morgan fingerprint density at radius 1 is 1.54 bits per heavy atom. The lowest BCUT2D eigenvalue weighted by atomic mass is 9.82. The third-order valence-electron chi connectivity index (χ3n) is 2.35. The van der Waals surface area contributed by atoms with E-state index in [2.05, 4.69) is 15.5 Å². The van der Waals surface area contributed by atoms with Crippen molar-refractivity contribution in [2.75, 3.05) is 11.9 Å². The Kier molecular flexibility index (Phi) is 2.40. The molecule has 0 aliphatic heterocycles. The van der Waals surface area contributed by atoms with Crippen LogP contribution in [0.1, 0.15) is 12.8 Å². The number of aromatic nitrogens is 2. The van der Waals surface area contributed by atoms with Gasteiger partial charge in [-0.2, -0.15) is 5.10 Å². The molecule has 2 rings (SSSR count). The SMILES string of the molecule is OC1CC(CNc2cccnn2)C1. The molecule has 70 valence electrons. The van der Waals surface area contributed by atoms with Gasteiger partial charge in [0.2, 0.25) is 0 Å². The summed E-state index contributed by atoms with van der Waals surface area (Å²) < 4.78 is 0. The molecule has 0 aromatic carbocycles. The van der Waals surface area contributed by atoms with E-state index < -0.39 is 0 Å². The van der Waals surface area contributed by atoms with Crippen LogP contribution in [-0.2, 0) is 0 Å². The molecule has 1 aliphatic carbocycles. The van der Waals surface area contributed by atoms with Crippen LogP contribution in [0.25, 0.3) is 0 Å². The molecule has 0 radical (unpaired) electrons. The first-order chi connectivity index (χ1) is 6.34. The molecule has 1 saturated carbocycles. The second-order valence-electron chi connectivity index (χ2n) is 3.48. The van der Waals surface area contributed by atoms with Crippen molar-refractivity contribution in [3.05, 3.63) is 18.3 Å². The van der Waals surface area contributed by atoms with E-state index in [1.54, 1.807) is 6.20 Å². The van der Waals surface area contributed by atoms with E-state index in [-0.39, 0.29) is 6.10 Å². The largest absolute Gasteiger partial charge is 0.393 e. The van der Waals surface area contributed by atoms with Gasteiger partial charge in [0.25, 0.3) is 0 Å². The van der Waals surface area contributed by atoms with Crippen LogP contribution in [0, 0.1) is 5.92 Å². The van der Waals surface area contributed by atoms with Crippen LogP contribution in [0.2, 0.25) is 0 Å². The van der Waals surface area contributed by atoms with Gasteiger partial charge in [0, 0.05) is 12.7 Å². The first-order valence-electron chi connectivity index (χ1n) is 4.54. The predicted octanol–water partition coefficient (Wildman–Crippen LogP) is 0.659. The van der Waals surface area contributed by atoms with Crippen molar-refractivity contribution in [3.63, 3.8) is 0 Å². The number of aliphatic hydroxyl groups excluding tert-OH is 1. The first-order valence-corrected chi connectivity index (χ1v) is 4.54. The molecule has 1 fully saturated rings. The minimum absolute atomic E-state index is 0.0753. The van der Waals surface area contributed by atoms with Gasteiger partial charge >= 0.3 is 0 Å². The van der Waals surface area contributed by atoms with Crippen molar-refractivity contribution in [1.82, 2.24) is 10.2 Å². The number of nitrogens with zero attached hydrogens (tertiary/aromatic N) is 2. The quantitative estimate of drug-likeness (QED) is 0.715. The number of anilines is 1. The fourth-order valence-corrected chi connectivity index (χ4v) is 1.51. The molecule has 4 nitrogen and oxygen atoms in total. The number of aliphatic hydroxyl groups is 1. The summed E-state index contributed by atoms with van der Waals surface area (Å²) in [5.41, 5.74) is 0. The maximum Gasteiger partial charge on any atom is 0.148 e. The van der Waals surface area contributed by atoms with E-state index in [4.69, 9.17) is 5.11 Å². The summed E-state index contributed by atoms with van der Waals surface area (Å²) in [4.78, 5) is 0. The topological polar surface area (TPSA) is 58.0 Å². The molecule has 1 heterocycles. The van der Waals surface area contributed by atoms with Crippen molar-refractivity contribution >= 4 is 5.82 Å². The molecular weight excluding hydrogens is 166 g/mol. The maximum absolute atomic E-state index is 9.06. The summed E-state index contributed by atoms with van der Waals surface area (Å²) in [5.74, 6) is 1.40. The normalized spacial score (nSPS) is 26.5.